The summed E-state index contributed by atoms with van der Waals surface area (Å²) in [5, 5.41) is 3.05. The van der Waals surface area contributed by atoms with Crippen molar-refractivity contribution in [3.8, 4) is 5.75 Å². The molecular formula is C21H25N3O3. The molecule has 0 bridgehead atoms. The van der Waals surface area contributed by atoms with Gasteiger partial charge in [-0.3, -0.25) is 14.7 Å². The van der Waals surface area contributed by atoms with Crippen LogP contribution in [-0.2, 0) is 11.3 Å². The Balaban J connectivity index is 1.32. The van der Waals surface area contributed by atoms with E-state index < -0.39 is 0 Å². The SMILES string of the molecule is COc1ccccc1CN1C[C@H]2[C@H](CNC(=O)c3ccncc3)CO[C@H]2C1. The molecule has 2 aliphatic rings. The van der Waals surface area contributed by atoms with Crippen molar-refractivity contribution in [3.63, 3.8) is 0 Å². The predicted octanol–water partition coefficient (Wildman–Crippen LogP) is 1.97. The van der Waals surface area contributed by atoms with Crippen molar-refractivity contribution in [2.24, 2.45) is 11.8 Å². The highest BCUT2D eigenvalue weighted by Crippen LogP contribution is 2.34. The first-order valence-electron chi connectivity index (χ1n) is 9.38. The van der Waals surface area contributed by atoms with E-state index in [9.17, 15) is 4.79 Å². The molecule has 0 aliphatic carbocycles. The van der Waals surface area contributed by atoms with Gasteiger partial charge in [0.1, 0.15) is 5.75 Å². The number of nitrogens with zero attached hydrogens (tertiary/aromatic N) is 2. The predicted molar refractivity (Wildman–Crippen MR) is 102 cm³/mol. The van der Waals surface area contributed by atoms with Gasteiger partial charge in [-0.25, -0.2) is 0 Å². The second-order valence-corrected chi connectivity index (χ2v) is 7.25. The summed E-state index contributed by atoms with van der Waals surface area (Å²) < 4.78 is 11.5. The highest BCUT2D eigenvalue weighted by atomic mass is 16.5. The van der Waals surface area contributed by atoms with Crippen molar-refractivity contribution < 1.29 is 14.3 Å². The van der Waals surface area contributed by atoms with Crippen LogP contribution in [0.3, 0.4) is 0 Å². The van der Waals surface area contributed by atoms with Crippen molar-refractivity contribution in [2.45, 2.75) is 12.6 Å². The third-order valence-corrected chi connectivity index (χ3v) is 5.57. The molecule has 0 radical (unpaired) electrons. The first kappa shape index (κ1) is 17.9. The number of pyridine rings is 1. The van der Waals surface area contributed by atoms with Crippen LogP contribution < -0.4 is 10.1 Å². The number of hydrogen-bond acceptors (Lipinski definition) is 5. The van der Waals surface area contributed by atoms with Crippen LogP contribution in [0.4, 0.5) is 0 Å². The molecule has 2 aromatic rings. The van der Waals surface area contributed by atoms with Gasteiger partial charge in [0.15, 0.2) is 0 Å². The van der Waals surface area contributed by atoms with E-state index in [0.29, 0.717) is 30.6 Å². The van der Waals surface area contributed by atoms with Crippen LogP contribution in [0.25, 0.3) is 0 Å². The van der Waals surface area contributed by atoms with Gasteiger partial charge in [0.25, 0.3) is 5.91 Å². The maximum atomic E-state index is 12.3. The van der Waals surface area contributed by atoms with Crippen LogP contribution >= 0.6 is 0 Å². The fraction of sp³-hybridized carbons (Fsp3) is 0.429. The van der Waals surface area contributed by atoms with Crippen molar-refractivity contribution in [1.29, 1.82) is 0 Å². The van der Waals surface area contributed by atoms with Gasteiger partial charge in [0.2, 0.25) is 0 Å². The van der Waals surface area contributed by atoms with Gasteiger partial charge in [-0.2, -0.15) is 0 Å². The number of methoxy groups -OCH3 is 1. The zero-order valence-electron chi connectivity index (χ0n) is 15.5. The quantitative estimate of drug-likeness (QED) is 0.846. The number of carbonyl (C=O) groups is 1. The average Bonchev–Trinajstić information content (AvgIpc) is 3.27. The lowest BCUT2D eigenvalue weighted by atomic mass is 9.93. The molecule has 2 saturated heterocycles. The molecule has 1 aromatic carbocycles. The van der Waals surface area contributed by atoms with Gasteiger partial charge >= 0.3 is 0 Å². The van der Waals surface area contributed by atoms with Crippen molar-refractivity contribution in [1.82, 2.24) is 15.2 Å². The lowest BCUT2D eigenvalue weighted by molar-refractivity contribution is 0.0903. The molecule has 2 aliphatic heterocycles. The summed E-state index contributed by atoms with van der Waals surface area (Å²) in [4.78, 5) is 18.6. The number of aromatic nitrogens is 1. The molecule has 1 aromatic heterocycles. The second-order valence-electron chi connectivity index (χ2n) is 7.25. The number of ether oxygens (including phenoxy) is 2. The zero-order chi connectivity index (χ0) is 18.6. The van der Waals surface area contributed by atoms with E-state index >= 15 is 0 Å². The normalized spacial score (nSPS) is 24.6. The van der Waals surface area contributed by atoms with Crippen LogP contribution in [0.1, 0.15) is 15.9 Å². The molecule has 3 atom stereocenters. The Hall–Kier alpha value is -2.44. The van der Waals surface area contributed by atoms with Crippen molar-refractivity contribution >= 4 is 5.91 Å². The molecular weight excluding hydrogens is 342 g/mol. The van der Waals surface area contributed by atoms with Gasteiger partial charge in [-0.1, -0.05) is 18.2 Å². The van der Waals surface area contributed by atoms with Gasteiger partial charge in [-0.15, -0.1) is 0 Å². The summed E-state index contributed by atoms with van der Waals surface area (Å²) in [6.45, 7) is 4.13. The molecule has 4 rings (SSSR count). The molecule has 1 N–H and O–H groups in total. The minimum absolute atomic E-state index is 0.0512. The lowest BCUT2D eigenvalue weighted by Crippen LogP contribution is -2.34. The van der Waals surface area contributed by atoms with E-state index in [4.69, 9.17) is 9.47 Å². The number of para-hydroxylation sites is 1. The number of rotatable bonds is 6. The van der Waals surface area contributed by atoms with E-state index in [1.165, 1.54) is 5.56 Å². The number of carbonyl (C=O) groups excluding carboxylic acids is 1. The highest BCUT2D eigenvalue weighted by molar-refractivity contribution is 5.93. The second kappa shape index (κ2) is 8.06. The van der Waals surface area contributed by atoms with Crippen LogP contribution in [0.5, 0.6) is 5.75 Å². The largest absolute Gasteiger partial charge is 0.496 e. The highest BCUT2D eigenvalue weighted by Gasteiger charge is 2.43. The topological polar surface area (TPSA) is 63.7 Å². The van der Waals surface area contributed by atoms with E-state index in [0.717, 1.165) is 25.4 Å². The number of benzene rings is 1. The fourth-order valence-corrected chi connectivity index (χ4v) is 4.12. The smallest absolute Gasteiger partial charge is 0.251 e. The Labute approximate surface area is 159 Å². The molecule has 0 saturated carbocycles. The summed E-state index contributed by atoms with van der Waals surface area (Å²) >= 11 is 0. The number of hydrogen-bond donors (Lipinski definition) is 1. The first-order valence-corrected chi connectivity index (χ1v) is 9.38. The van der Waals surface area contributed by atoms with Crippen molar-refractivity contribution in [2.75, 3.05) is 33.4 Å². The summed E-state index contributed by atoms with van der Waals surface area (Å²) in [6.07, 6.45) is 3.52. The number of fused-ring (bicyclic) bond motifs is 1. The maximum absolute atomic E-state index is 12.3. The molecule has 0 spiro atoms. The maximum Gasteiger partial charge on any atom is 0.251 e. The standard InChI is InChI=1S/C21H25N3O3/c1-26-19-5-3-2-4-16(19)11-24-12-18-17(14-27-20(18)13-24)10-23-21(25)15-6-8-22-9-7-15/h2-9,17-18,20H,10-14H2,1H3,(H,23,25)/t17-,18+,20+/m1/s1. The van der Waals surface area contributed by atoms with Gasteiger partial charge in [0, 0.05) is 61.5 Å². The third kappa shape index (κ3) is 3.96. The first-order chi connectivity index (χ1) is 13.2. The van der Waals surface area contributed by atoms with Crippen LogP contribution in [0, 0.1) is 11.8 Å². The Bertz CT molecular complexity index is 783. The Morgan fingerprint density at radius 2 is 2.07 bits per heavy atom. The van der Waals surface area contributed by atoms with Gasteiger partial charge < -0.3 is 14.8 Å². The van der Waals surface area contributed by atoms with E-state index in [1.807, 2.05) is 18.2 Å². The molecule has 142 valence electrons. The van der Waals surface area contributed by atoms with E-state index in [1.54, 1.807) is 31.6 Å². The summed E-state index contributed by atoms with van der Waals surface area (Å²) in [6, 6.07) is 11.6. The van der Waals surface area contributed by atoms with E-state index in [2.05, 4.69) is 21.3 Å². The van der Waals surface area contributed by atoms with E-state index in [-0.39, 0.29) is 12.0 Å². The Kier molecular flexibility index (Phi) is 5.36. The van der Waals surface area contributed by atoms with Crippen molar-refractivity contribution in [3.05, 3.63) is 59.9 Å². The number of nitrogens with one attached hydrogen (secondary N) is 1. The van der Waals surface area contributed by atoms with Gasteiger partial charge in [0.05, 0.1) is 19.8 Å². The summed E-state index contributed by atoms with van der Waals surface area (Å²) in [5.74, 6) is 1.68. The molecule has 3 heterocycles. The third-order valence-electron chi connectivity index (χ3n) is 5.57. The molecule has 0 unspecified atom stereocenters. The molecule has 6 nitrogen and oxygen atoms in total. The monoisotopic (exact) mass is 367 g/mol. The summed E-state index contributed by atoms with van der Waals surface area (Å²) in [5.41, 5.74) is 1.84. The zero-order valence-corrected chi connectivity index (χ0v) is 15.5. The van der Waals surface area contributed by atoms with Crippen LogP contribution in [0.15, 0.2) is 48.8 Å². The number of likely N-dealkylation sites (tertiary alicyclic amines) is 1. The average molecular weight is 367 g/mol. The molecule has 6 heteroatoms. The van der Waals surface area contributed by atoms with Gasteiger partial charge in [-0.05, 0) is 18.2 Å². The Morgan fingerprint density at radius 1 is 1.26 bits per heavy atom. The minimum atomic E-state index is -0.0512. The lowest BCUT2D eigenvalue weighted by Gasteiger charge is -2.21. The summed E-state index contributed by atoms with van der Waals surface area (Å²) in [7, 11) is 1.71. The molecule has 1 amide bonds. The minimum Gasteiger partial charge on any atom is -0.496 e. The molecule has 2 fully saturated rings. The van der Waals surface area contributed by atoms with Crippen LogP contribution in [-0.4, -0.2) is 55.2 Å². The number of amides is 1. The fourth-order valence-electron chi connectivity index (χ4n) is 4.12. The molecule has 27 heavy (non-hydrogen) atoms. The Morgan fingerprint density at radius 3 is 2.89 bits per heavy atom. The van der Waals surface area contributed by atoms with Crippen LogP contribution in [0.2, 0.25) is 0 Å².